The Kier molecular flexibility index (Phi) is 3.85. The molecule has 0 aliphatic heterocycles. The summed E-state index contributed by atoms with van der Waals surface area (Å²) >= 11 is 5.85. The molecule has 0 saturated carbocycles. The molecule has 1 N–H and O–H groups in total. The highest BCUT2D eigenvalue weighted by atomic mass is 35.5. The van der Waals surface area contributed by atoms with E-state index in [-0.39, 0.29) is 5.91 Å². The van der Waals surface area contributed by atoms with Crippen LogP contribution in [-0.2, 0) is 6.54 Å². The Bertz CT molecular complexity index is 621. The van der Waals surface area contributed by atoms with Crippen LogP contribution in [-0.4, -0.2) is 20.7 Å². The summed E-state index contributed by atoms with van der Waals surface area (Å²) in [5, 5.41) is 7.47. The fraction of sp³-hybridized carbons (Fsp3) is 0.308. The molecule has 0 aromatic carbocycles. The minimum atomic E-state index is -0.203. The third-order valence-corrected chi connectivity index (χ3v) is 3.10. The van der Waals surface area contributed by atoms with Gasteiger partial charge >= 0.3 is 0 Å². The van der Waals surface area contributed by atoms with Crippen molar-refractivity contribution >= 4 is 23.2 Å². The lowest BCUT2D eigenvalue weighted by Crippen LogP contribution is -2.17. The number of aryl methyl sites for hydroxylation is 3. The SMILES string of the molecule is CCn1nc(C)cc1C(=O)Nc1cnc(Cl)c(C)c1. The second kappa shape index (κ2) is 5.40. The summed E-state index contributed by atoms with van der Waals surface area (Å²) in [5.41, 5.74) is 2.79. The second-order valence-corrected chi connectivity index (χ2v) is 4.63. The molecule has 5 nitrogen and oxygen atoms in total. The van der Waals surface area contributed by atoms with Crippen LogP contribution in [0.2, 0.25) is 5.15 Å². The monoisotopic (exact) mass is 278 g/mol. The molecule has 0 unspecified atom stereocenters. The van der Waals surface area contributed by atoms with Gasteiger partial charge in [-0.1, -0.05) is 11.6 Å². The minimum absolute atomic E-state index is 0.203. The van der Waals surface area contributed by atoms with Crippen LogP contribution in [0.1, 0.15) is 28.7 Å². The topological polar surface area (TPSA) is 59.8 Å². The van der Waals surface area contributed by atoms with E-state index in [1.807, 2.05) is 20.8 Å². The van der Waals surface area contributed by atoms with Crippen LogP contribution in [0, 0.1) is 13.8 Å². The minimum Gasteiger partial charge on any atom is -0.319 e. The highest BCUT2D eigenvalue weighted by molar-refractivity contribution is 6.30. The zero-order valence-corrected chi connectivity index (χ0v) is 11.8. The normalized spacial score (nSPS) is 10.5. The van der Waals surface area contributed by atoms with E-state index >= 15 is 0 Å². The first-order valence-electron chi connectivity index (χ1n) is 5.99. The van der Waals surface area contributed by atoms with Gasteiger partial charge in [0.2, 0.25) is 0 Å². The Labute approximate surface area is 116 Å². The summed E-state index contributed by atoms with van der Waals surface area (Å²) in [7, 11) is 0. The van der Waals surface area contributed by atoms with Crippen LogP contribution >= 0.6 is 11.6 Å². The molecule has 0 radical (unpaired) electrons. The van der Waals surface area contributed by atoms with Gasteiger partial charge in [0.15, 0.2) is 0 Å². The second-order valence-electron chi connectivity index (χ2n) is 4.27. The Morgan fingerprint density at radius 2 is 2.16 bits per heavy atom. The van der Waals surface area contributed by atoms with E-state index < -0.39 is 0 Å². The number of aromatic nitrogens is 3. The van der Waals surface area contributed by atoms with Gasteiger partial charge in [-0.2, -0.15) is 5.10 Å². The molecule has 0 aliphatic carbocycles. The van der Waals surface area contributed by atoms with Gasteiger partial charge in [0.1, 0.15) is 10.8 Å². The number of carbonyl (C=O) groups is 1. The fourth-order valence-electron chi connectivity index (χ4n) is 1.79. The fourth-order valence-corrected chi connectivity index (χ4v) is 1.89. The van der Waals surface area contributed by atoms with E-state index in [1.54, 1.807) is 16.8 Å². The largest absolute Gasteiger partial charge is 0.319 e. The van der Waals surface area contributed by atoms with Crippen molar-refractivity contribution in [3.05, 3.63) is 40.4 Å². The Morgan fingerprint density at radius 3 is 2.79 bits per heavy atom. The zero-order valence-electron chi connectivity index (χ0n) is 11.1. The predicted octanol–water partition coefficient (Wildman–Crippen LogP) is 2.82. The number of rotatable bonds is 3. The summed E-state index contributed by atoms with van der Waals surface area (Å²) in [5.74, 6) is -0.203. The van der Waals surface area contributed by atoms with E-state index in [4.69, 9.17) is 11.6 Å². The number of hydrogen-bond acceptors (Lipinski definition) is 3. The van der Waals surface area contributed by atoms with Gasteiger partial charge in [0.05, 0.1) is 17.6 Å². The van der Waals surface area contributed by atoms with Crippen LogP contribution in [0.3, 0.4) is 0 Å². The van der Waals surface area contributed by atoms with E-state index in [0.717, 1.165) is 11.3 Å². The maximum absolute atomic E-state index is 12.2. The first kappa shape index (κ1) is 13.5. The molecule has 0 aliphatic rings. The van der Waals surface area contributed by atoms with E-state index in [0.29, 0.717) is 23.1 Å². The number of anilines is 1. The van der Waals surface area contributed by atoms with Gasteiger partial charge in [0.25, 0.3) is 5.91 Å². The molecule has 0 atom stereocenters. The summed E-state index contributed by atoms with van der Waals surface area (Å²) < 4.78 is 1.67. The molecule has 0 spiro atoms. The highest BCUT2D eigenvalue weighted by Gasteiger charge is 2.13. The lowest BCUT2D eigenvalue weighted by atomic mass is 10.3. The van der Waals surface area contributed by atoms with Crippen molar-refractivity contribution in [1.29, 1.82) is 0 Å². The zero-order chi connectivity index (χ0) is 14.0. The molecule has 6 heteroatoms. The number of amides is 1. The first-order valence-corrected chi connectivity index (χ1v) is 6.37. The molecule has 0 saturated heterocycles. The molecular formula is C13H15ClN4O. The van der Waals surface area contributed by atoms with Crippen molar-refractivity contribution in [3.63, 3.8) is 0 Å². The number of carbonyl (C=O) groups excluding carboxylic acids is 1. The van der Waals surface area contributed by atoms with Crippen LogP contribution in [0.4, 0.5) is 5.69 Å². The van der Waals surface area contributed by atoms with Crippen LogP contribution in [0.15, 0.2) is 18.3 Å². The van der Waals surface area contributed by atoms with Crippen molar-refractivity contribution in [3.8, 4) is 0 Å². The van der Waals surface area contributed by atoms with Gasteiger partial charge in [-0.3, -0.25) is 9.48 Å². The number of nitrogens with zero attached hydrogens (tertiary/aromatic N) is 3. The van der Waals surface area contributed by atoms with Crippen LogP contribution in [0.5, 0.6) is 0 Å². The summed E-state index contributed by atoms with van der Waals surface area (Å²) in [4.78, 5) is 16.2. The summed E-state index contributed by atoms with van der Waals surface area (Å²) in [6.07, 6.45) is 1.53. The lowest BCUT2D eigenvalue weighted by molar-refractivity contribution is 0.101. The van der Waals surface area contributed by atoms with E-state index in [2.05, 4.69) is 15.4 Å². The Balaban J connectivity index is 2.22. The number of nitrogens with one attached hydrogen (secondary N) is 1. The molecule has 2 rings (SSSR count). The van der Waals surface area contributed by atoms with Crippen molar-refractivity contribution < 1.29 is 4.79 Å². The summed E-state index contributed by atoms with van der Waals surface area (Å²) in [6, 6.07) is 3.54. The molecular weight excluding hydrogens is 264 g/mol. The maximum Gasteiger partial charge on any atom is 0.273 e. The average Bonchev–Trinajstić information content (AvgIpc) is 2.75. The third-order valence-electron chi connectivity index (χ3n) is 2.71. The standard InChI is InChI=1S/C13H15ClN4O/c1-4-18-11(6-9(3)17-18)13(19)16-10-5-8(2)12(14)15-7-10/h5-7H,4H2,1-3H3,(H,16,19). The molecule has 1 amide bonds. The molecule has 2 aromatic heterocycles. The number of hydrogen-bond donors (Lipinski definition) is 1. The Morgan fingerprint density at radius 1 is 1.42 bits per heavy atom. The van der Waals surface area contributed by atoms with Crippen molar-refractivity contribution in [1.82, 2.24) is 14.8 Å². The number of halogens is 1. The van der Waals surface area contributed by atoms with E-state index in [9.17, 15) is 4.79 Å². The summed E-state index contributed by atoms with van der Waals surface area (Å²) in [6.45, 7) is 6.29. The predicted molar refractivity (Wildman–Crippen MR) is 74.6 cm³/mol. The van der Waals surface area contributed by atoms with Crippen LogP contribution in [0.25, 0.3) is 0 Å². The van der Waals surface area contributed by atoms with Crippen LogP contribution < -0.4 is 5.32 Å². The quantitative estimate of drug-likeness (QED) is 0.878. The molecule has 100 valence electrons. The first-order chi connectivity index (χ1) is 9.01. The lowest BCUT2D eigenvalue weighted by Gasteiger charge is -2.07. The van der Waals surface area contributed by atoms with E-state index in [1.165, 1.54) is 6.20 Å². The van der Waals surface area contributed by atoms with Crippen molar-refractivity contribution in [2.45, 2.75) is 27.3 Å². The van der Waals surface area contributed by atoms with Gasteiger partial charge in [-0.25, -0.2) is 4.98 Å². The third kappa shape index (κ3) is 2.93. The van der Waals surface area contributed by atoms with Gasteiger partial charge < -0.3 is 5.32 Å². The molecule has 19 heavy (non-hydrogen) atoms. The van der Waals surface area contributed by atoms with Gasteiger partial charge in [-0.15, -0.1) is 0 Å². The average molecular weight is 279 g/mol. The van der Waals surface area contributed by atoms with Crippen molar-refractivity contribution in [2.75, 3.05) is 5.32 Å². The maximum atomic E-state index is 12.2. The molecule has 2 heterocycles. The molecule has 0 fully saturated rings. The number of pyridine rings is 1. The molecule has 2 aromatic rings. The molecule has 0 bridgehead atoms. The Hall–Kier alpha value is -1.88. The highest BCUT2D eigenvalue weighted by Crippen LogP contribution is 2.17. The van der Waals surface area contributed by atoms with Crippen molar-refractivity contribution in [2.24, 2.45) is 0 Å². The van der Waals surface area contributed by atoms with Gasteiger partial charge in [0, 0.05) is 6.54 Å². The van der Waals surface area contributed by atoms with Gasteiger partial charge in [-0.05, 0) is 38.5 Å². The smallest absolute Gasteiger partial charge is 0.273 e.